The third-order valence-corrected chi connectivity index (χ3v) is 4.71. The average Bonchev–Trinajstić information content (AvgIpc) is 3.01. The van der Waals surface area contributed by atoms with Crippen LogP contribution in [0.4, 0.5) is 0 Å². The van der Waals surface area contributed by atoms with Gasteiger partial charge in [0.25, 0.3) is 0 Å². The van der Waals surface area contributed by atoms with Crippen molar-refractivity contribution in [3.05, 3.63) is 35.9 Å². The lowest BCUT2D eigenvalue weighted by Crippen LogP contribution is -2.46. The number of carbonyl (C=O) groups is 1. The quantitative estimate of drug-likeness (QED) is 0.874. The third-order valence-electron chi connectivity index (χ3n) is 4.71. The van der Waals surface area contributed by atoms with Gasteiger partial charge in [-0.05, 0) is 31.7 Å². The Morgan fingerprint density at radius 1 is 1.24 bits per heavy atom. The fraction of sp³-hybridized carbons (Fsp3) is 0.611. The molecule has 3 nitrogen and oxygen atoms in total. The minimum absolute atomic E-state index is 0.0851. The topological polar surface area (TPSA) is 46.3 Å². The molecule has 1 saturated carbocycles. The average molecular weight is 288 g/mol. The van der Waals surface area contributed by atoms with Gasteiger partial charge in [0, 0.05) is 18.6 Å². The first-order valence-electron chi connectivity index (χ1n) is 8.19. The normalized spacial score (nSPS) is 18.4. The predicted octanol–water partition coefficient (Wildman–Crippen LogP) is 2.98. The Kier molecular flexibility index (Phi) is 5.80. The lowest BCUT2D eigenvalue weighted by molar-refractivity contribution is -0.137. The summed E-state index contributed by atoms with van der Waals surface area (Å²) < 4.78 is 0. The Morgan fingerprint density at radius 2 is 1.86 bits per heavy atom. The molecule has 0 aliphatic heterocycles. The number of benzene rings is 1. The standard InChI is InChI=1S/C18H28N2O/c1-14(15(2)19)18(21)20(17-10-6-7-11-17)13-12-16-8-4-3-5-9-16/h3-5,8-9,14-15,17H,6-7,10-13,19H2,1-2H3. The molecule has 1 aliphatic carbocycles. The smallest absolute Gasteiger partial charge is 0.227 e. The van der Waals surface area contributed by atoms with E-state index in [-0.39, 0.29) is 17.9 Å². The van der Waals surface area contributed by atoms with Gasteiger partial charge < -0.3 is 10.6 Å². The Hall–Kier alpha value is -1.35. The van der Waals surface area contributed by atoms with E-state index >= 15 is 0 Å². The zero-order valence-electron chi connectivity index (χ0n) is 13.3. The van der Waals surface area contributed by atoms with Crippen molar-refractivity contribution in [2.24, 2.45) is 11.7 Å². The van der Waals surface area contributed by atoms with Gasteiger partial charge in [-0.1, -0.05) is 50.1 Å². The third kappa shape index (κ3) is 4.31. The number of hydrogen-bond acceptors (Lipinski definition) is 2. The van der Waals surface area contributed by atoms with E-state index in [1.807, 2.05) is 19.9 Å². The van der Waals surface area contributed by atoms with Crippen molar-refractivity contribution in [2.75, 3.05) is 6.54 Å². The summed E-state index contributed by atoms with van der Waals surface area (Å²) in [6.45, 7) is 4.69. The monoisotopic (exact) mass is 288 g/mol. The lowest BCUT2D eigenvalue weighted by atomic mass is 10.0. The molecule has 1 aliphatic rings. The number of nitrogens with two attached hydrogens (primary N) is 1. The van der Waals surface area contributed by atoms with Crippen molar-refractivity contribution in [3.63, 3.8) is 0 Å². The van der Waals surface area contributed by atoms with Gasteiger partial charge in [0.1, 0.15) is 0 Å². The van der Waals surface area contributed by atoms with Crippen molar-refractivity contribution in [2.45, 2.75) is 58.0 Å². The summed E-state index contributed by atoms with van der Waals surface area (Å²) in [7, 11) is 0. The van der Waals surface area contributed by atoms with E-state index in [0.29, 0.717) is 6.04 Å². The van der Waals surface area contributed by atoms with E-state index in [0.717, 1.165) is 25.8 Å². The molecule has 21 heavy (non-hydrogen) atoms. The molecule has 0 bridgehead atoms. The minimum atomic E-state index is -0.0960. The van der Waals surface area contributed by atoms with Crippen molar-refractivity contribution in [3.8, 4) is 0 Å². The molecule has 0 aromatic heterocycles. The number of carbonyl (C=O) groups excluding carboxylic acids is 1. The number of hydrogen-bond donors (Lipinski definition) is 1. The fourth-order valence-corrected chi connectivity index (χ4v) is 3.07. The summed E-state index contributed by atoms with van der Waals surface area (Å²) in [5.41, 5.74) is 7.23. The van der Waals surface area contributed by atoms with Gasteiger partial charge in [0.05, 0.1) is 5.92 Å². The van der Waals surface area contributed by atoms with Crippen LogP contribution >= 0.6 is 0 Å². The molecule has 116 valence electrons. The molecule has 0 radical (unpaired) electrons. The molecule has 1 aromatic carbocycles. The van der Waals surface area contributed by atoms with Gasteiger partial charge in [0.15, 0.2) is 0 Å². The summed E-state index contributed by atoms with van der Waals surface area (Å²) in [4.78, 5) is 14.8. The first-order chi connectivity index (χ1) is 10.1. The summed E-state index contributed by atoms with van der Waals surface area (Å²) in [6.07, 6.45) is 5.70. The minimum Gasteiger partial charge on any atom is -0.339 e. The van der Waals surface area contributed by atoms with E-state index in [1.165, 1.54) is 18.4 Å². The van der Waals surface area contributed by atoms with Gasteiger partial charge in [0.2, 0.25) is 5.91 Å². The van der Waals surface area contributed by atoms with Crippen LogP contribution in [0.25, 0.3) is 0 Å². The van der Waals surface area contributed by atoms with Gasteiger partial charge in [-0.15, -0.1) is 0 Å². The van der Waals surface area contributed by atoms with E-state index in [2.05, 4.69) is 29.2 Å². The Bertz CT molecular complexity index is 438. The SMILES string of the molecule is CC(N)C(C)C(=O)N(CCc1ccccc1)C1CCCC1. The van der Waals surface area contributed by atoms with Crippen LogP contribution in [0.15, 0.2) is 30.3 Å². The molecule has 2 atom stereocenters. The highest BCUT2D eigenvalue weighted by molar-refractivity contribution is 5.79. The van der Waals surface area contributed by atoms with Crippen LogP contribution in [0, 0.1) is 5.92 Å². The largest absolute Gasteiger partial charge is 0.339 e. The van der Waals surface area contributed by atoms with E-state index in [1.54, 1.807) is 0 Å². The number of nitrogens with zero attached hydrogens (tertiary/aromatic N) is 1. The fourth-order valence-electron chi connectivity index (χ4n) is 3.07. The molecule has 0 saturated heterocycles. The maximum absolute atomic E-state index is 12.7. The zero-order chi connectivity index (χ0) is 15.2. The van der Waals surface area contributed by atoms with Gasteiger partial charge in [-0.2, -0.15) is 0 Å². The highest BCUT2D eigenvalue weighted by atomic mass is 16.2. The highest BCUT2D eigenvalue weighted by Crippen LogP contribution is 2.25. The first-order valence-corrected chi connectivity index (χ1v) is 8.19. The first kappa shape index (κ1) is 16.0. The molecule has 2 rings (SSSR count). The van der Waals surface area contributed by atoms with Crippen LogP contribution in [-0.2, 0) is 11.2 Å². The summed E-state index contributed by atoms with van der Waals surface area (Å²) >= 11 is 0. The Balaban J connectivity index is 2.03. The molecule has 1 fully saturated rings. The number of amides is 1. The van der Waals surface area contributed by atoms with Gasteiger partial charge in [-0.25, -0.2) is 0 Å². The molecular weight excluding hydrogens is 260 g/mol. The summed E-state index contributed by atoms with van der Waals surface area (Å²) in [5.74, 6) is 0.134. The van der Waals surface area contributed by atoms with Crippen molar-refractivity contribution in [1.29, 1.82) is 0 Å². The van der Waals surface area contributed by atoms with Crippen LogP contribution < -0.4 is 5.73 Å². The maximum atomic E-state index is 12.7. The van der Waals surface area contributed by atoms with Crippen LogP contribution in [-0.4, -0.2) is 29.4 Å². The van der Waals surface area contributed by atoms with E-state index < -0.39 is 0 Å². The van der Waals surface area contributed by atoms with Gasteiger partial charge in [-0.3, -0.25) is 4.79 Å². The van der Waals surface area contributed by atoms with Crippen LogP contribution in [0.3, 0.4) is 0 Å². The van der Waals surface area contributed by atoms with Gasteiger partial charge >= 0.3 is 0 Å². The summed E-state index contributed by atoms with van der Waals surface area (Å²) in [6, 6.07) is 10.7. The van der Waals surface area contributed by atoms with E-state index in [4.69, 9.17) is 5.73 Å². The Morgan fingerprint density at radius 3 is 2.43 bits per heavy atom. The lowest BCUT2D eigenvalue weighted by Gasteiger charge is -2.32. The Labute approximate surface area is 128 Å². The second kappa shape index (κ2) is 7.60. The zero-order valence-corrected chi connectivity index (χ0v) is 13.3. The van der Waals surface area contributed by atoms with E-state index in [9.17, 15) is 4.79 Å². The molecule has 1 amide bonds. The molecular formula is C18H28N2O. The number of rotatable bonds is 6. The van der Waals surface area contributed by atoms with Crippen LogP contribution in [0.5, 0.6) is 0 Å². The van der Waals surface area contributed by atoms with Crippen LogP contribution in [0.2, 0.25) is 0 Å². The molecule has 2 unspecified atom stereocenters. The van der Waals surface area contributed by atoms with Crippen LogP contribution in [0.1, 0.15) is 45.1 Å². The molecule has 0 spiro atoms. The predicted molar refractivity (Wildman–Crippen MR) is 86.9 cm³/mol. The molecule has 1 aromatic rings. The van der Waals surface area contributed by atoms with Crippen molar-refractivity contribution < 1.29 is 4.79 Å². The van der Waals surface area contributed by atoms with Crippen molar-refractivity contribution >= 4 is 5.91 Å². The maximum Gasteiger partial charge on any atom is 0.227 e. The highest BCUT2D eigenvalue weighted by Gasteiger charge is 2.30. The molecule has 3 heteroatoms. The summed E-state index contributed by atoms with van der Waals surface area (Å²) in [5, 5.41) is 0. The second-order valence-electron chi connectivity index (χ2n) is 6.35. The second-order valence-corrected chi connectivity index (χ2v) is 6.35. The van der Waals surface area contributed by atoms with Crippen molar-refractivity contribution in [1.82, 2.24) is 4.90 Å². The molecule has 2 N–H and O–H groups in total. The molecule has 0 heterocycles.